The number of fused-ring (bicyclic) bond motifs is 1. The van der Waals surface area contributed by atoms with E-state index in [9.17, 15) is 14.4 Å². The average molecular weight is 401 g/mol. The Bertz CT molecular complexity index is 1150. The highest BCUT2D eigenvalue weighted by Crippen LogP contribution is 2.33. The first kappa shape index (κ1) is 19.6. The summed E-state index contributed by atoms with van der Waals surface area (Å²) in [6, 6.07) is 20.3. The Balaban J connectivity index is 1.59. The molecule has 0 bridgehead atoms. The molecule has 0 aromatic heterocycles. The van der Waals surface area contributed by atoms with Crippen LogP contribution in [0.1, 0.15) is 25.0 Å². The number of nitrogens with zero attached hydrogens (tertiary/aromatic N) is 1. The quantitative estimate of drug-likeness (QED) is 0.638. The largest absolute Gasteiger partial charge is 0.325 e. The van der Waals surface area contributed by atoms with Crippen molar-refractivity contribution in [3.8, 4) is 0 Å². The predicted molar refractivity (Wildman–Crippen MR) is 116 cm³/mol. The second-order valence-corrected chi connectivity index (χ2v) is 7.53. The van der Waals surface area contributed by atoms with E-state index in [1.165, 1.54) is 0 Å². The molecule has 152 valence electrons. The van der Waals surface area contributed by atoms with Gasteiger partial charge in [0.15, 0.2) is 0 Å². The van der Waals surface area contributed by atoms with Crippen LogP contribution < -0.4 is 10.6 Å². The number of imide groups is 1. The van der Waals surface area contributed by atoms with Crippen LogP contribution in [-0.4, -0.2) is 29.3 Å². The molecule has 2 N–H and O–H groups in total. The summed E-state index contributed by atoms with van der Waals surface area (Å²) < 4.78 is 0. The summed E-state index contributed by atoms with van der Waals surface area (Å²) in [6.45, 7) is 3.33. The highest BCUT2D eigenvalue weighted by Gasteiger charge is 2.50. The fraction of sp³-hybridized carbons (Fsp3) is 0.208. The van der Waals surface area contributed by atoms with Gasteiger partial charge in [-0.05, 0) is 41.3 Å². The SMILES string of the molecule is CCc1ccccc1NC(=O)CN1C(=O)N[C@@](C)(c2cccc3ccccc23)C1=O. The summed E-state index contributed by atoms with van der Waals surface area (Å²) in [5.74, 6) is -0.857. The molecule has 30 heavy (non-hydrogen) atoms. The Morgan fingerprint density at radius 2 is 1.70 bits per heavy atom. The van der Waals surface area contributed by atoms with Gasteiger partial charge in [-0.25, -0.2) is 4.79 Å². The van der Waals surface area contributed by atoms with Crippen LogP contribution in [0.3, 0.4) is 0 Å². The number of para-hydroxylation sites is 1. The number of nitrogens with one attached hydrogen (secondary N) is 2. The van der Waals surface area contributed by atoms with Gasteiger partial charge in [0.25, 0.3) is 5.91 Å². The van der Waals surface area contributed by atoms with Crippen LogP contribution >= 0.6 is 0 Å². The first-order valence-electron chi connectivity index (χ1n) is 9.94. The van der Waals surface area contributed by atoms with Crippen molar-refractivity contribution in [1.29, 1.82) is 0 Å². The van der Waals surface area contributed by atoms with Crippen molar-refractivity contribution in [1.82, 2.24) is 10.2 Å². The van der Waals surface area contributed by atoms with Gasteiger partial charge in [-0.15, -0.1) is 0 Å². The lowest BCUT2D eigenvalue weighted by Gasteiger charge is -2.24. The molecule has 1 aliphatic rings. The molecule has 3 aromatic carbocycles. The van der Waals surface area contributed by atoms with Gasteiger partial charge in [-0.2, -0.15) is 0 Å². The van der Waals surface area contributed by atoms with Gasteiger partial charge >= 0.3 is 6.03 Å². The molecule has 0 aliphatic carbocycles. The maximum absolute atomic E-state index is 13.3. The summed E-state index contributed by atoms with van der Waals surface area (Å²) in [5, 5.41) is 7.47. The van der Waals surface area contributed by atoms with E-state index in [1.54, 1.807) is 6.92 Å². The van der Waals surface area contributed by atoms with Gasteiger partial charge in [0.2, 0.25) is 5.91 Å². The van der Waals surface area contributed by atoms with Crippen molar-refractivity contribution < 1.29 is 14.4 Å². The first-order chi connectivity index (χ1) is 14.4. The average Bonchev–Trinajstić information content (AvgIpc) is 2.97. The Labute approximate surface area is 174 Å². The molecule has 6 nitrogen and oxygen atoms in total. The number of urea groups is 1. The summed E-state index contributed by atoms with van der Waals surface area (Å²) in [4.78, 5) is 39.5. The van der Waals surface area contributed by atoms with Crippen molar-refractivity contribution in [3.63, 3.8) is 0 Å². The predicted octanol–water partition coefficient (Wildman–Crippen LogP) is 3.81. The number of hydrogen-bond acceptors (Lipinski definition) is 3. The van der Waals surface area contributed by atoms with Crippen LogP contribution in [0.4, 0.5) is 10.5 Å². The molecule has 1 fully saturated rings. The first-order valence-corrected chi connectivity index (χ1v) is 9.94. The molecule has 1 aliphatic heterocycles. The van der Waals surface area contributed by atoms with Crippen LogP contribution in [0.25, 0.3) is 10.8 Å². The summed E-state index contributed by atoms with van der Waals surface area (Å²) in [5.41, 5.74) is 1.15. The van der Waals surface area contributed by atoms with Gasteiger partial charge in [0.05, 0.1) is 0 Å². The third-order valence-electron chi connectivity index (χ3n) is 5.58. The molecule has 0 unspecified atom stereocenters. The van der Waals surface area contributed by atoms with E-state index in [4.69, 9.17) is 0 Å². The minimum absolute atomic E-state index is 0.344. The van der Waals surface area contributed by atoms with E-state index in [2.05, 4.69) is 10.6 Å². The maximum atomic E-state index is 13.3. The van der Waals surface area contributed by atoms with Crippen LogP contribution in [-0.2, 0) is 21.5 Å². The number of rotatable bonds is 5. The summed E-state index contributed by atoms with van der Waals surface area (Å²) in [7, 11) is 0. The number of hydrogen-bond donors (Lipinski definition) is 2. The fourth-order valence-electron chi connectivity index (χ4n) is 3.97. The minimum Gasteiger partial charge on any atom is -0.324 e. The molecule has 0 spiro atoms. The molecule has 6 heteroatoms. The second kappa shape index (κ2) is 7.63. The zero-order valence-corrected chi connectivity index (χ0v) is 16.9. The smallest absolute Gasteiger partial charge is 0.324 e. The molecular formula is C24H23N3O3. The lowest BCUT2D eigenvalue weighted by molar-refractivity contribution is -0.133. The zero-order chi connectivity index (χ0) is 21.3. The van der Waals surface area contributed by atoms with Gasteiger partial charge in [0, 0.05) is 5.69 Å². The Kier molecular flexibility index (Phi) is 4.99. The van der Waals surface area contributed by atoms with Gasteiger partial charge in [-0.1, -0.05) is 67.6 Å². The highest BCUT2D eigenvalue weighted by molar-refractivity contribution is 6.11. The Hall–Kier alpha value is -3.67. The maximum Gasteiger partial charge on any atom is 0.325 e. The Morgan fingerprint density at radius 3 is 2.50 bits per heavy atom. The fourth-order valence-corrected chi connectivity index (χ4v) is 3.97. The van der Waals surface area contributed by atoms with E-state index in [1.807, 2.05) is 73.7 Å². The zero-order valence-electron chi connectivity index (χ0n) is 16.9. The molecule has 4 amide bonds. The topological polar surface area (TPSA) is 78.5 Å². The van der Waals surface area contributed by atoms with Crippen molar-refractivity contribution >= 4 is 34.3 Å². The van der Waals surface area contributed by atoms with E-state index in [0.29, 0.717) is 11.3 Å². The molecule has 0 radical (unpaired) electrons. The Morgan fingerprint density at radius 1 is 1.00 bits per heavy atom. The third-order valence-corrected chi connectivity index (χ3v) is 5.58. The van der Waals surface area contributed by atoms with Crippen molar-refractivity contribution in [2.75, 3.05) is 11.9 Å². The van der Waals surface area contributed by atoms with Gasteiger partial charge in [-0.3, -0.25) is 14.5 Å². The van der Waals surface area contributed by atoms with E-state index >= 15 is 0 Å². The van der Waals surface area contributed by atoms with E-state index < -0.39 is 23.4 Å². The standard InChI is InChI=1S/C24H23N3O3/c1-3-16-9-5-7-14-20(16)25-21(28)15-27-22(29)24(2,26-23(27)30)19-13-8-11-17-10-4-6-12-18(17)19/h4-14H,3,15H2,1-2H3,(H,25,28)(H,26,30)/t24-/m0/s1. The van der Waals surface area contributed by atoms with E-state index in [-0.39, 0.29) is 6.54 Å². The number of aryl methyl sites for hydroxylation is 1. The molecule has 1 atom stereocenters. The minimum atomic E-state index is -1.24. The molecule has 4 rings (SSSR count). The van der Waals surface area contributed by atoms with E-state index in [0.717, 1.165) is 27.7 Å². The van der Waals surface area contributed by atoms with Crippen LogP contribution in [0.15, 0.2) is 66.7 Å². The molecule has 0 saturated carbocycles. The lowest BCUT2D eigenvalue weighted by atomic mass is 9.88. The second-order valence-electron chi connectivity index (χ2n) is 7.53. The number of carbonyl (C=O) groups is 3. The van der Waals surface area contributed by atoms with Gasteiger partial charge < -0.3 is 10.6 Å². The number of amides is 4. The lowest BCUT2D eigenvalue weighted by Crippen LogP contribution is -2.42. The number of carbonyl (C=O) groups excluding carboxylic acids is 3. The van der Waals surface area contributed by atoms with Crippen LogP contribution in [0.2, 0.25) is 0 Å². The van der Waals surface area contributed by atoms with Crippen LogP contribution in [0, 0.1) is 0 Å². The third kappa shape index (κ3) is 3.30. The number of anilines is 1. The number of benzene rings is 3. The molecule has 1 heterocycles. The van der Waals surface area contributed by atoms with Crippen LogP contribution in [0.5, 0.6) is 0 Å². The van der Waals surface area contributed by atoms with Crippen molar-refractivity contribution in [3.05, 3.63) is 77.9 Å². The monoisotopic (exact) mass is 401 g/mol. The van der Waals surface area contributed by atoms with Crippen molar-refractivity contribution in [2.24, 2.45) is 0 Å². The molecule has 3 aromatic rings. The van der Waals surface area contributed by atoms with Gasteiger partial charge in [0.1, 0.15) is 12.1 Å². The van der Waals surface area contributed by atoms with Crippen molar-refractivity contribution in [2.45, 2.75) is 25.8 Å². The molecule has 1 saturated heterocycles. The summed E-state index contributed by atoms with van der Waals surface area (Å²) in [6.07, 6.45) is 0.763. The highest BCUT2D eigenvalue weighted by atomic mass is 16.2. The summed E-state index contributed by atoms with van der Waals surface area (Å²) >= 11 is 0. The molecular weight excluding hydrogens is 378 g/mol. The normalized spacial score (nSPS) is 18.5.